The van der Waals surface area contributed by atoms with Crippen LogP contribution in [0.1, 0.15) is 44.2 Å². The molecule has 3 heterocycles. The summed E-state index contributed by atoms with van der Waals surface area (Å²) in [6, 6.07) is 0.194. The van der Waals surface area contributed by atoms with Gasteiger partial charge in [-0.05, 0) is 25.7 Å². The van der Waals surface area contributed by atoms with Crippen LogP contribution in [0, 0.1) is 0 Å². The Bertz CT molecular complexity index is 609. The normalized spacial score (nSPS) is 30.8. The van der Waals surface area contributed by atoms with E-state index in [1.807, 2.05) is 15.8 Å². The molecule has 1 aliphatic carbocycles. The Balaban J connectivity index is 1.33. The summed E-state index contributed by atoms with van der Waals surface area (Å²) in [5.74, 6) is 0.724. The smallest absolute Gasteiger partial charge is 0.219 e. The van der Waals surface area contributed by atoms with E-state index in [-0.39, 0.29) is 18.1 Å². The van der Waals surface area contributed by atoms with Gasteiger partial charge in [0.05, 0.1) is 37.1 Å². The lowest BCUT2D eigenvalue weighted by molar-refractivity contribution is -0.130. The van der Waals surface area contributed by atoms with Crippen LogP contribution in [0.15, 0.2) is 6.20 Å². The lowest BCUT2D eigenvalue weighted by Crippen LogP contribution is -2.53. The highest BCUT2D eigenvalue weighted by Crippen LogP contribution is 2.38. The highest BCUT2D eigenvalue weighted by Gasteiger charge is 2.38. The molecule has 1 aromatic heterocycles. The van der Waals surface area contributed by atoms with Crippen molar-refractivity contribution in [2.24, 2.45) is 0 Å². The van der Waals surface area contributed by atoms with Crippen molar-refractivity contribution in [3.05, 3.63) is 11.9 Å². The van der Waals surface area contributed by atoms with E-state index >= 15 is 0 Å². The van der Waals surface area contributed by atoms with Crippen molar-refractivity contribution >= 4 is 5.91 Å². The molecule has 138 valence electrons. The third kappa shape index (κ3) is 3.86. The number of likely N-dealkylation sites (tertiary alicyclic amines) is 1. The number of hydrogen-bond donors (Lipinski definition) is 2. The first kappa shape index (κ1) is 16.9. The van der Waals surface area contributed by atoms with Gasteiger partial charge in [0.1, 0.15) is 0 Å². The second-order valence-electron chi connectivity index (χ2n) is 7.55. The van der Waals surface area contributed by atoms with Crippen LogP contribution in [-0.4, -0.2) is 74.9 Å². The van der Waals surface area contributed by atoms with E-state index in [0.717, 1.165) is 31.6 Å². The van der Waals surface area contributed by atoms with E-state index in [4.69, 9.17) is 4.74 Å². The first-order valence-corrected chi connectivity index (χ1v) is 9.31. The predicted molar refractivity (Wildman–Crippen MR) is 89.9 cm³/mol. The summed E-state index contributed by atoms with van der Waals surface area (Å²) in [4.78, 5) is 13.3. The number of piperidine rings is 1. The Morgan fingerprint density at radius 3 is 2.80 bits per heavy atom. The van der Waals surface area contributed by atoms with Crippen molar-refractivity contribution in [1.29, 1.82) is 0 Å². The van der Waals surface area contributed by atoms with Crippen LogP contribution in [0.4, 0.5) is 0 Å². The van der Waals surface area contributed by atoms with Crippen molar-refractivity contribution < 1.29 is 14.6 Å². The van der Waals surface area contributed by atoms with Crippen LogP contribution < -0.4 is 5.32 Å². The largest absolute Gasteiger partial charge is 0.389 e. The van der Waals surface area contributed by atoms with Gasteiger partial charge in [-0.1, -0.05) is 5.21 Å². The van der Waals surface area contributed by atoms with E-state index < -0.39 is 6.10 Å². The maximum atomic E-state index is 11.4. The lowest BCUT2D eigenvalue weighted by Gasteiger charge is -2.34. The third-order valence-electron chi connectivity index (χ3n) is 5.58. The van der Waals surface area contributed by atoms with Crippen LogP contribution in [0.5, 0.6) is 0 Å². The zero-order valence-electron chi connectivity index (χ0n) is 14.7. The van der Waals surface area contributed by atoms with Crippen LogP contribution in [0.2, 0.25) is 0 Å². The lowest BCUT2D eigenvalue weighted by atomic mass is 10.0. The van der Waals surface area contributed by atoms with Crippen molar-refractivity contribution in [2.75, 3.05) is 19.7 Å². The second-order valence-corrected chi connectivity index (χ2v) is 7.55. The fraction of sp³-hybridized carbons (Fsp3) is 0.824. The summed E-state index contributed by atoms with van der Waals surface area (Å²) < 4.78 is 7.64. The van der Waals surface area contributed by atoms with E-state index in [9.17, 15) is 9.90 Å². The Hall–Kier alpha value is -1.51. The molecule has 8 heteroatoms. The summed E-state index contributed by atoms with van der Waals surface area (Å²) >= 11 is 0. The molecule has 0 spiro atoms. The highest BCUT2D eigenvalue weighted by atomic mass is 16.5. The number of nitrogens with one attached hydrogen (secondary N) is 1. The summed E-state index contributed by atoms with van der Waals surface area (Å²) in [6.07, 6.45) is 5.61. The number of rotatable bonds is 5. The van der Waals surface area contributed by atoms with Gasteiger partial charge in [-0.3, -0.25) is 4.79 Å². The number of aliphatic hydroxyl groups excluding tert-OH is 1. The summed E-state index contributed by atoms with van der Waals surface area (Å²) in [6.45, 7) is 4.11. The van der Waals surface area contributed by atoms with Crippen molar-refractivity contribution in [3.63, 3.8) is 0 Å². The highest BCUT2D eigenvalue weighted by molar-refractivity contribution is 5.73. The number of carbonyl (C=O) groups is 1. The zero-order chi connectivity index (χ0) is 17.4. The molecule has 25 heavy (non-hydrogen) atoms. The zero-order valence-corrected chi connectivity index (χ0v) is 14.7. The molecule has 2 aliphatic heterocycles. The van der Waals surface area contributed by atoms with E-state index in [1.165, 1.54) is 12.8 Å². The SMILES string of the molecule is CC(=O)N1CCC(N[C@@H]2[C@@H](O)CO[C@@H]2Cn2cc(C3CC3)nn2)CC1. The average Bonchev–Trinajstić information content (AvgIpc) is 3.27. The fourth-order valence-electron chi connectivity index (χ4n) is 3.85. The van der Waals surface area contributed by atoms with Crippen molar-refractivity contribution in [2.45, 2.75) is 69.4 Å². The average molecular weight is 349 g/mol. The number of amides is 1. The minimum Gasteiger partial charge on any atom is -0.389 e. The molecule has 0 radical (unpaired) electrons. The molecule has 2 N–H and O–H groups in total. The summed E-state index contributed by atoms with van der Waals surface area (Å²) in [7, 11) is 0. The van der Waals surface area contributed by atoms with Crippen molar-refractivity contribution in [3.8, 4) is 0 Å². The van der Waals surface area contributed by atoms with Gasteiger partial charge in [0, 0.05) is 38.2 Å². The van der Waals surface area contributed by atoms with Gasteiger partial charge in [0.2, 0.25) is 5.91 Å². The summed E-state index contributed by atoms with van der Waals surface area (Å²) in [5, 5.41) is 22.3. The molecule has 1 amide bonds. The molecule has 0 aromatic carbocycles. The Morgan fingerprint density at radius 2 is 2.12 bits per heavy atom. The van der Waals surface area contributed by atoms with Gasteiger partial charge in [-0.25, -0.2) is 4.68 Å². The Labute approximate surface area is 147 Å². The minimum atomic E-state index is -0.512. The monoisotopic (exact) mass is 349 g/mol. The summed E-state index contributed by atoms with van der Waals surface area (Å²) in [5.41, 5.74) is 1.07. The predicted octanol–water partition coefficient (Wildman–Crippen LogP) is -0.116. The molecule has 1 saturated carbocycles. The van der Waals surface area contributed by atoms with Gasteiger partial charge in [0.25, 0.3) is 0 Å². The molecule has 4 rings (SSSR count). The minimum absolute atomic E-state index is 0.109. The topological polar surface area (TPSA) is 92.5 Å². The van der Waals surface area contributed by atoms with E-state index in [1.54, 1.807) is 6.92 Å². The first-order valence-electron chi connectivity index (χ1n) is 9.31. The molecule has 3 atom stereocenters. The Morgan fingerprint density at radius 1 is 1.36 bits per heavy atom. The van der Waals surface area contributed by atoms with Gasteiger partial charge < -0.3 is 20.1 Å². The second kappa shape index (κ2) is 7.01. The Kier molecular flexibility index (Phi) is 4.75. The van der Waals surface area contributed by atoms with E-state index in [2.05, 4.69) is 15.6 Å². The molecule has 3 aliphatic rings. The van der Waals surface area contributed by atoms with Gasteiger partial charge in [-0.2, -0.15) is 0 Å². The maximum Gasteiger partial charge on any atom is 0.219 e. The molecule has 0 unspecified atom stereocenters. The molecule has 3 fully saturated rings. The third-order valence-corrected chi connectivity index (χ3v) is 5.58. The first-order chi connectivity index (χ1) is 12.1. The van der Waals surface area contributed by atoms with Gasteiger partial charge >= 0.3 is 0 Å². The van der Waals surface area contributed by atoms with Crippen LogP contribution in [0.25, 0.3) is 0 Å². The quantitative estimate of drug-likeness (QED) is 0.770. The van der Waals surface area contributed by atoms with Gasteiger partial charge in [-0.15, -0.1) is 5.10 Å². The molecular formula is C17H27N5O3. The number of ether oxygens (including phenoxy) is 1. The number of carbonyl (C=O) groups excluding carboxylic acids is 1. The van der Waals surface area contributed by atoms with Crippen LogP contribution in [0.3, 0.4) is 0 Å². The van der Waals surface area contributed by atoms with Crippen LogP contribution in [-0.2, 0) is 16.1 Å². The molecule has 2 saturated heterocycles. The van der Waals surface area contributed by atoms with Crippen molar-refractivity contribution in [1.82, 2.24) is 25.2 Å². The van der Waals surface area contributed by atoms with Crippen LogP contribution >= 0.6 is 0 Å². The molecular weight excluding hydrogens is 322 g/mol. The van der Waals surface area contributed by atoms with Gasteiger partial charge in [0.15, 0.2) is 0 Å². The number of aliphatic hydroxyl groups is 1. The number of aromatic nitrogens is 3. The molecule has 1 aromatic rings. The molecule has 8 nitrogen and oxygen atoms in total. The van der Waals surface area contributed by atoms with E-state index in [0.29, 0.717) is 25.1 Å². The fourth-order valence-corrected chi connectivity index (χ4v) is 3.85. The number of nitrogens with zero attached hydrogens (tertiary/aromatic N) is 4. The maximum absolute atomic E-state index is 11.4. The number of hydrogen-bond acceptors (Lipinski definition) is 6. The molecule has 0 bridgehead atoms. The standard InChI is InChI=1S/C17H27N5O3/c1-11(23)21-6-4-13(5-7-21)18-17-15(24)10-25-16(17)9-22-8-14(19-20-22)12-2-3-12/h8,12-13,15-18,24H,2-7,9-10H2,1H3/t15-,16+,17+/m0/s1.